The number of aliphatic carboxylic acids is 1. The van der Waals surface area contributed by atoms with Crippen LogP contribution in [0.3, 0.4) is 0 Å². The molecule has 7 heteroatoms. The van der Waals surface area contributed by atoms with E-state index in [0.29, 0.717) is 23.7 Å². The molecule has 1 aromatic heterocycles. The summed E-state index contributed by atoms with van der Waals surface area (Å²) in [6.07, 6.45) is 2.32. The zero-order chi connectivity index (χ0) is 22.4. The van der Waals surface area contributed by atoms with Gasteiger partial charge >= 0.3 is 5.97 Å². The summed E-state index contributed by atoms with van der Waals surface area (Å²) in [6.45, 7) is 13.4. The third kappa shape index (κ3) is 5.47. The van der Waals surface area contributed by atoms with Gasteiger partial charge in [0.15, 0.2) is 5.82 Å². The maximum absolute atomic E-state index is 10.8. The highest BCUT2D eigenvalue weighted by Gasteiger charge is 2.16. The normalized spacial score (nSPS) is 10.8. The van der Waals surface area contributed by atoms with Crippen LogP contribution >= 0.6 is 11.5 Å². The van der Waals surface area contributed by atoms with E-state index in [2.05, 4.69) is 22.2 Å². The third-order valence-electron chi connectivity index (χ3n) is 4.82. The molecule has 0 amide bonds. The summed E-state index contributed by atoms with van der Waals surface area (Å²) in [5.41, 5.74) is 4.59. The number of ether oxygens (including phenoxy) is 1. The summed E-state index contributed by atoms with van der Waals surface area (Å²) < 4.78 is 10.2. The topological polar surface area (TPSA) is 76.7 Å². The second-order valence-electron chi connectivity index (χ2n) is 7.43. The fourth-order valence-electron chi connectivity index (χ4n) is 3.46. The highest BCUT2D eigenvalue weighted by Crippen LogP contribution is 2.35. The average molecular weight is 436 g/mol. The zero-order valence-corrected chi connectivity index (χ0v) is 18.7. The number of hydrogen-bond acceptors (Lipinski definition) is 5. The molecule has 0 saturated heterocycles. The van der Waals surface area contributed by atoms with Crippen LogP contribution in [0.4, 0.5) is 5.69 Å². The van der Waals surface area contributed by atoms with Crippen LogP contribution in [-0.4, -0.2) is 26.5 Å². The van der Waals surface area contributed by atoms with Crippen LogP contribution in [0.25, 0.3) is 26.8 Å². The fraction of sp³-hybridized carbons (Fsp3) is 0.333. The van der Waals surface area contributed by atoms with Gasteiger partial charge in [-0.15, -0.1) is 0 Å². The van der Waals surface area contributed by atoms with Gasteiger partial charge in [-0.2, -0.15) is 4.37 Å². The molecule has 0 spiro atoms. The van der Waals surface area contributed by atoms with Crippen LogP contribution < -0.4 is 4.74 Å². The molecule has 3 rings (SSSR count). The second kappa shape index (κ2) is 10.2. The number of carboxylic acid groups (broad SMARTS) is 1. The van der Waals surface area contributed by atoms with E-state index in [9.17, 15) is 4.79 Å². The van der Waals surface area contributed by atoms with Gasteiger partial charge in [-0.25, -0.2) is 9.83 Å². The Morgan fingerprint density at radius 2 is 2.10 bits per heavy atom. The van der Waals surface area contributed by atoms with Gasteiger partial charge in [0, 0.05) is 17.5 Å². The molecular weight excluding hydrogens is 410 g/mol. The molecule has 0 aliphatic rings. The molecule has 0 bridgehead atoms. The Hall–Kier alpha value is -3.24. The zero-order valence-electron chi connectivity index (χ0n) is 17.9. The summed E-state index contributed by atoms with van der Waals surface area (Å²) in [5, 5.41) is 9.73. The lowest BCUT2D eigenvalue weighted by Crippen LogP contribution is -2.05. The van der Waals surface area contributed by atoms with Crippen molar-refractivity contribution in [3.8, 4) is 27.7 Å². The van der Waals surface area contributed by atoms with E-state index < -0.39 is 5.97 Å². The Morgan fingerprint density at radius 1 is 1.29 bits per heavy atom. The number of carboxylic acids is 1. The molecule has 0 aliphatic heterocycles. The highest BCUT2D eigenvalue weighted by molar-refractivity contribution is 7.09. The van der Waals surface area contributed by atoms with Crippen molar-refractivity contribution in [3.05, 3.63) is 58.9 Å². The van der Waals surface area contributed by atoms with Gasteiger partial charge in [-0.3, -0.25) is 4.79 Å². The Bertz CT molecular complexity index is 1120. The van der Waals surface area contributed by atoms with Crippen molar-refractivity contribution >= 4 is 23.2 Å². The van der Waals surface area contributed by atoms with Gasteiger partial charge in [0.2, 0.25) is 5.69 Å². The first-order chi connectivity index (χ1) is 14.9. The first-order valence-corrected chi connectivity index (χ1v) is 11.1. The van der Waals surface area contributed by atoms with E-state index in [0.717, 1.165) is 34.5 Å². The van der Waals surface area contributed by atoms with Gasteiger partial charge in [0.25, 0.3) is 0 Å². The molecular formula is C24H25N3O3S. The van der Waals surface area contributed by atoms with Crippen molar-refractivity contribution in [2.75, 3.05) is 0 Å². The molecule has 0 radical (unpaired) electrons. The van der Waals surface area contributed by atoms with Gasteiger partial charge in [-0.1, -0.05) is 31.2 Å². The van der Waals surface area contributed by atoms with E-state index in [1.165, 1.54) is 17.1 Å². The summed E-state index contributed by atoms with van der Waals surface area (Å²) in [5.74, 6) is 0.373. The van der Waals surface area contributed by atoms with Crippen molar-refractivity contribution < 1.29 is 14.6 Å². The van der Waals surface area contributed by atoms with E-state index in [-0.39, 0.29) is 12.5 Å². The number of hydrogen-bond donors (Lipinski definition) is 1. The number of aryl methyl sites for hydroxylation is 1. The SMILES string of the molecule is [C-]#[N+]c1cc(-c2nsc(-c3cccc(CCCC(=O)O)c3CC)n2)ccc1OC(C)C. The monoisotopic (exact) mass is 435 g/mol. The average Bonchev–Trinajstić information content (AvgIpc) is 3.23. The summed E-state index contributed by atoms with van der Waals surface area (Å²) >= 11 is 1.33. The van der Waals surface area contributed by atoms with Crippen molar-refractivity contribution in [1.82, 2.24) is 9.36 Å². The number of carbonyl (C=O) groups is 1. The molecule has 2 aromatic carbocycles. The Kier molecular flexibility index (Phi) is 7.37. The molecule has 6 nitrogen and oxygen atoms in total. The van der Waals surface area contributed by atoms with Crippen LogP contribution in [0, 0.1) is 6.57 Å². The standard InChI is InChI=1S/C24H25N3O3S/c1-5-18-16(9-7-11-22(28)29)8-6-10-19(18)24-26-23(27-31-24)17-12-13-21(30-15(2)3)20(14-17)25-4/h6,8,10,12-15H,5,7,9,11H2,1-3H3,(H,28,29). The van der Waals surface area contributed by atoms with Crippen LogP contribution in [-0.2, 0) is 17.6 Å². The quantitative estimate of drug-likeness (QED) is 0.406. The number of benzene rings is 2. The largest absolute Gasteiger partial charge is 0.502 e. The molecule has 0 unspecified atom stereocenters. The molecule has 0 fully saturated rings. The lowest BCUT2D eigenvalue weighted by atomic mass is 9.95. The van der Waals surface area contributed by atoms with Crippen molar-refractivity contribution in [3.63, 3.8) is 0 Å². The van der Waals surface area contributed by atoms with Crippen LogP contribution in [0.2, 0.25) is 0 Å². The third-order valence-corrected chi connectivity index (χ3v) is 5.57. The summed E-state index contributed by atoms with van der Waals surface area (Å²) in [4.78, 5) is 19.2. The first kappa shape index (κ1) is 22.4. The van der Waals surface area contributed by atoms with Crippen molar-refractivity contribution in [1.29, 1.82) is 0 Å². The maximum atomic E-state index is 10.8. The molecule has 1 N–H and O–H groups in total. The Morgan fingerprint density at radius 3 is 2.77 bits per heavy atom. The van der Waals surface area contributed by atoms with Crippen LogP contribution in [0.5, 0.6) is 5.75 Å². The molecule has 0 atom stereocenters. The minimum Gasteiger partial charge on any atom is -0.502 e. The van der Waals surface area contributed by atoms with E-state index >= 15 is 0 Å². The predicted molar refractivity (Wildman–Crippen MR) is 123 cm³/mol. The van der Waals surface area contributed by atoms with Crippen LogP contribution in [0.1, 0.15) is 44.7 Å². The van der Waals surface area contributed by atoms with Gasteiger partial charge in [0.1, 0.15) is 10.8 Å². The van der Waals surface area contributed by atoms with E-state index in [4.69, 9.17) is 21.4 Å². The minimum atomic E-state index is -0.772. The minimum absolute atomic E-state index is 0.00871. The molecule has 1 heterocycles. The first-order valence-electron chi connectivity index (χ1n) is 10.3. The lowest BCUT2D eigenvalue weighted by molar-refractivity contribution is -0.137. The Labute approximate surface area is 186 Å². The lowest BCUT2D eigenvalue weighted by Gasteiger charge is -2.12. The van der Waals surface area contributed by atoms with Crippen molar-refractivity contribution in [2.45, 2.75) is 52.6 Å². The molecule has 31 heavy (non-hydrogen) atoms. The molecule has 3 aromatic rings. The fourth-order valence-corrected chi connectivity index (χ4v) is 4.20. The second-order valence-corrected chi connectivity index (χ2v) is 8.18. The highest BCUT2D eigenvalue weighted by atomic mass is 32.1. The number of rotatable bonds is 9. The van der Waals surface area contributed by atoms with Gasteiger partial charge in [0.05, 0.1) is 12.7 Å². The smallest absolute Gasteiger partial charge is 0.303 e. The maximum Gasteiger partial charge on any atom is 0.303 e. The molecule has 0 saturated carbocycles. The number of aromatic nitrogens is 2. The van der Waals surface area contributed by atoms with Crippen molar-refractivity contribution in [2.24, 2.45) is 0 Å². The van der Waals surface area contributed by atoms with Gasteiger partial charge in [-0.05, 0) is 67.9 Å². The van der Waals surface area contributed by atoms with Gasteiger partial charge < -0.3 is 9.84 Å². The van der Waals surface area contributed by atoms with Crippen LogP contribution in [0.15, 0.2) is 36.4 Å². The summed E-state index contributed by atoms with van der Waals surface area (Å²) in [7, 11) is 0. The molecule has 160 valence electrons. The van der Waals surface area contributed by atoms with E-state index in [1.807, 2.05) is 32.0 Å². The summed E-state index contributed by atoms with van der Waals surface area (Å²) in [6, 6.07) is 11.5. The Balaban J connectivity index is 1.90. The molecule has 0 aliphatic carbocycles. The number of nitrogens with zero attached hydrogens (tertiary/aromatic N) is 3. The predicted octanol–water partition coefficient (Wildman–Crippen LogP) is 6.18. The van der Waals surface area contributed by atoms with E-state index in [1.54, 1.807) is 12.1 Å².